The van der Waals surface area contributed by atoms with Gasteiger partial charge in [0.25, 0.3) is 5.91 Å². The van der Waals surface area contributed by atoms with E-state index < -0.39 is 0 Å². The molecule has 2 amide bonds. The van der Waals surface area contributed by atoms with Crippen molar-refractivity contribution in [2.75, 3.05) is 19.7 Å². The highest BCUT2D eigenvalue weighted by Gasteiger charge is 2.04. The quantitative estimate of drug-likeness (QED) is 0.688. The molecule has 2 rings (SSSR count). The van der Waals surface area contributed by atoms with Crippen LogP contribution in [0.2, 0.25) is 0 Å². The Hall–Kier alpha value is -2.82. The first kappa shape index (κ1) is 18.5. The van der Waals surface area contributed by atoms with E-state index in [1.165, 1.54) is 5.56 Å². The summed E-state index contributed by atoms with van der Waals surface area (Å²) in [6.45, 7) is 2.79. The summed E-state index contributed by atoms with van der Waals surface area (Å²) >= 11 is 0. The van der Waals surface area contributed by atoms with Gasteiger partial charge in [-0.1, -0.05) is 48.0 Å². The Morgan fingerprint density at radius 1 is 0.880 bits per heavy atom. The van der Waals surface area contributed by atoms with Crippen molar-refractivity contribution in [3.63, 3.8) is 0 Å². The summed E-state index contributed by atoms with van der Waals surface area (Å²) in [5.74, 6) is 0.426. The molecule has 0 unspecified atom stereocenters. The maximum absolute atomic E-state index is 11.8. The minimum atomic E-state index is -0.210. The Kier molecular flexibility index (Phi) is 7.50. The molecule has 0 fully saturated rings. The van der Waals surface area contributed by atoms with Crippen LogP contribution in [0.4, 0.5) is 0 Å². The zero-order valence-electron chi connectivity index (χ0n) is 14.5. The van der Waals surface area contributed by atoms with Crippen LogP contribution in [0.25, 0.3) is 0 Å². The summed E-state index contributed by atoms with van der Waals surface area (Å²) in [6.07, 6.45) is 1.15. The molecule has 2 N–H and O–H groups in total. The van der Waals surface area contributed by atoms with Gasteiger partial charge < -0.3 is 15.4 Å². The molecule has 0 saturated heterocycles. The molecule has 0 aliphatic rings. The minimum absolute atomic E-state index is 0.0182. The third-order valence-corrected chi connectivity index (χ3v) is 3.64. The molecule has 0 bridgehead atoms. The number of hydrogen-bond acceptors (Lipinski definition) is 3. The van der Waals surface area contributed by atoms with Crippen LogP contribution in [-0.2, 0) is 16.0 Å². The molecular weight excluding hydrogens is 316 g/mol. The number of para-hydroxylation sites is 1. The Morgan fingerprint density at radius 2 is 1.52 bits per heavy atom. The summed E-state index contributed by atoms with van der Waals surface area (Å²) in [6, 6.07) is 17.3. The van der Waals surface area contributed by atoms with E-state index in [1.54, 1.807) is 12.1 Å². The van der Waals surface area contributed by atoms with E-state index in [4.69, 9.17) is 4.74 Å². The summed E-state index contributed by atoms with van der Waals surface area (Å²) < 4.78 is 5.34. The summed E-state index contributed by atoms with van der Waals surface area (Å²) in [7, 11) is 0. The molecule has 2 aromatic rings. The van der Waals surface area contributed by atoms with Gasteiger partial charge in [0.15, 0.2) is 6.61 Å². The third kappa shape index (κ3) is 7.52. The second-order valence-electron chi connectivity index (χ2n) is 5.79. The van der Waals surface area contributed by atoms with Gasteiger partial charge in [-0.2, -0.15) is 0 Å². The molecule has 0 saturated carbocycles. The first-order chi connectivity index (χ1) is 12.1. The molecule has 0 spiro atoms. The molecule has 0 atom stereocenters. The van der Waals surface area contributed by atoms with Crippen molar-refractivity contribution < 1.29 is 14.3 Å². The molecule has 0 aliphatic carbocycles. The molecule has 2 aromatic carbocycles. The van der Waals surface area contributed by atoms with Gasteiger partial charge in [0, 0.05) is 19.5 Å². The zero-order valence-corrected chi connectivity index (χ0v) is 14.5. The summed E-state index contributed by atoms with van der Waals surface area (Å²) in [4.78, 5) is 23.4. The fourth-order valence-corrected chi connectivity index (χ4v) is 2.22. The van der Waals surface area contributed by atoms with Crippen molar-refractivity contribution in [3.8, 4) is 5.75 Å². The van der Waals surface area contributed by atoms with Gasteiger partial charge in [-0.15, -0.1) is 0 Å². The summed E-state index contributed by atoms with van der Waals surface area (Å²) in [5, 5.41) is 5.51. The van der Waals surface area contributed by atoms with Gasteiger partial charge in [0.1, 0.15) is 5.75 Å². The molecule has 132 valence electrons. The van der Waals surface area contributed by atoms with Gasteiger partial charge >= 0.3 is 0 Å². The predicted molar refractivity (Wildman–Crippen MR) is 97.5 cm³/mol. The molecule has 0 aliphatic heterocycles. The van der Waals surface area contributed by atoms with Crippen LogP contribution in [0, 0.1) is 6.92 Å². The monoisotopic (exact) mass is 340 g/mol. The van der Waals surface area contributed by atoms with Crippen LogP contribution < -0.4 is 15.4 Å². The van der Waals surface area contributed by atoms with Crippen molar-refractivity contribution in [1.82, 2.24) is 10.6 Å². The SMILES string of the molecule is Cc1ccc(CCC(=O)NCCNC(=O)COc2ccccc2)cc1. The highest BCUT2D eigenvalue weighted by Crippen LogP contribution is 2.07. The van der Waals surface area contributed by atoms with E-state index in [0.29, 0.717) is 31.7 Å². The van der Waals surface area contributed by atoms with Gasteiger partial charge in [-0.05, 0) is 31.0 Å². The fourth-order valence-electron chi connectivity index (χ4n) is 2.22. The first-order valence-electron chi connectivity index (χ1n) is 8.40. The Bertz CT molecular complexity index is 669. The standard InChI is InChI=1S/C20H24N2O3/c1-16-7-9-17(10-8-16)11-12-19(23)21-13-14-22-20(24)15-25-18-5-3-2-4-6-18/h2-10H,11-15H2,1H3,(H,21,23)(H,22,24). The van der Waals surface area contributed by atoms with E-state index in [1.807, 2.05) is 49.4 Å². The molecule has 25 heavy (non-hydrogen) atoms. The van der Waals surface area contributed by atoms with Gasteiger partial charge in [0.2, 0.25) is 5.91 Å². The second-order valence-corrected chi connectivity index (χ2v) is 5.79. The van der Waals surface area contributed by atoms with Gasteiger partial charge in [-0.3, -0.25) is 9.59 Å². The van der Waals surface area contributed by atoms with Crippen molar-refractivity contribution in [3.05, 3.63) is 65.7 Å². The number of rotatable bonds is 9. The number of hydrogen-bond donors (Lipinski definition) is 2. The zero-order chi connectivity index (χ0) is 17.9. The first-order valence-corrected chi connectivity index (χ1v) is 8.40. The van der Waals surface area contributed by atoms with Gasteiger partial charge in [-0.25, -0.2) is 0 Å². The number of benzene rings is 2. The Balaban J connectivity index is 1.53. The maximum atomic E-state index is 11.8. The lowest BCUT2D eigenvalue weighted by atomic mass is 10.1. The second kappa shape index (κ2) is 10.1. The van der Waals surface area contributed by atoms with E-state index in [9.17, 15) is 9.59 Å². The van der Waals surface area contributed by atoms with Crippen molar-refractivity contribution in [1.29, 1.82) is 0 Å². The van der Waals surface area contributed by atoms with E-state index in [-0.39, 0.29) is 18.4 Å². The Morgan fingerprint density at radius 3 is 2.20 bits per heavy atom. The lowest BCUT2D eigenvalue weighted by Crippen LogP contribution is -2.36. The molecule has 0 aromatic heterocycles. The topological polar surface area (TPSA) is 67.4 Å². The molecule has 5 nitrogen and oxygen atoms in total. The average Bonchev–Trinajstić information content (AvgIpc) is 2.64. The molecular formula is C20H24N2O3. The number of ether oxygens (including phenoxy) is 1. The van der Waals surface area contributed by atoms with Crippen molar-refractivity contribution in [2.24, 2.45) is 0 Å². The lowest BCUT2D eigenvalue weighted by Gasteiger charge is -2.08. The van der Waals surface area contributed by atoms with E-state index in [0.717, 1.165) is 5.56 Å². The van der Waals surface area contributed by atoms with Crippen LogP contribution in [0.15, 0.2) is 54.6 Å². The molecule has 5 heteroatoms. The number of aryl methyl sites for hydroxylation is 2. The van der Waals surface area contributed by atoms with Crippen LogP contribution >= 0.6 is 0 Å². The van der Waals surface area contributed by atoms with E-state index >= 15 is 0 Å². The fraction of sp³-hybridized carbons (Fsp3) is 0.300. The van der Waals surface area contributed by atoms with Crippen LogP contribution in [0.5, 0.6) is 5.75 Å². The van der Waals surface area contributed by atoms with Gasteiger partial charge in [0.05, 0.1) is 0 Å². The van der Waals surface area contributed by atoms with Crippen LogP contribution in [0.1, 0.15) is 17.5 Å². The van der Waals surface area contributed by atoms with Crippen molar-refractivity contribution in [2.45, 2.75) is 19.8 Å². The lowest BCUT2D eigenvalue weighted by molar-refractivity contribution is -0.124. The number of carbonyl (C=O) groups is 2. The largest absolute Gasteiger partial charge is 0.484 e. The summed E-state index contributed by atoms with van der Waals surface area (Å²) in [5.41, 5.74) is 2.35. The number of amides is 2. The minimum Gasteiger partial charge on any atom is -0.484 e. The molecule has 0 heterocycles. The van der Waals surface area contributed by atoms with Crippen LogP contribution in [-0.4, -0.2) is 31.5 Å². The average molecular weight is 340 g/mol. The van der Waals surface area contributed by atoms with Crippen molar-refractivity contribution >= 4 is 11.8 Å². The number of nitrogens with one attached hydrogen (secondary N) is 2. The van der Waals surface area contributed by atoms with Crippen LogP contribution in [0.3, 0.4) is 0 Å². The third-order valence-electron chi connectivity index (χ3n) is 3.64. The number of carbonyl (C=O) groups excluding carboxylic acids is 2. The highest BCUT2D eigenvalue weighted by molar-refractivity contribution is 5.78. The predicted octanol–water partition coefficient (Wildman–Crippen LogP) is 2.24. The maximum Gasteiger partial charge on any atom is 0.258 e. The van der Waals surface area contributed by atoms with E-state index in [2.05, 4.69) is 10.6 Å². The Labute approximate surface area is 148 Å². The smallest absolute Gasteiger partial charge is 0.258 e. The molecule has 0 radical (unpaired) electrons. The normalized spacial score (nSPS) is 10.1. The highest BCUT2D eigenvalue weighted by atomic mass is 16.5.